The molecule has 0 heterocycles. The Bertz CT molecular complexity index is 343. The molecule has 0 saturated carbocycles. The van der Waals surface area contributed by atoms with Crippen molar-refractivity contribution in [1.29, 1.82) is 0 Å². The number of methoxy groups -OCH3 is 1. The monoisotopic (exact) mass is 328 g/mol. The summed E-state index contributed by atoms with van der Waals surface area (Å²) in [6.45, 7) is 0.676. The molecule has 0 rings (SSSR count). The largest absolute Gasteiger partial charge is 0.468 e. The van der Waals surface area contributed by atoms with E-state index in [1.165, 1.54) is 12.2 Å². The number of unbranched alkanes of at least 4 members (excludes halogenated alkanes) is 6. The Balaban J connectivity index is 3.29. The fourth-order valence-electron chi connectivity index (χ4n) is 2.07. The molecule has 0 aliphatic carbocycles. The molecule has 134 valence electrons. The van der Waals surface area contributed by atoms with Gasteiger partial charge in [-0.25, -0.2) is 0 Å². The molecule has 23 heavy (non-hydrogen) atoms. The van der Waals surface area contributed by atoms with E-state index in [0.717, 1.165) is 57.9 Å². The van der Waals surface area contributed by atoms with Gasteiger partial charge < -0.3 is 15.3 Å². The molecule has 1 amide bonds. The summed E-state index contributed by atoms with van der Waals surface area (Å²) in [4.78, 5) is 22.3. The first-order chi connectivity index (χ1) is 11.1. The van der Waals surface area contributed by atoms with E-state index in [1.807, 2.05) is 0 Å². The predicted octanol–water partition coefficient (Wildman–Crippen LogP) is 2.66. The standard InChI is InChI=1S/C17H32N2O4/c1-19(22)14-12-10-8-6-4-3-5-7-9-11-13-16(20)18-15-17(21)23-2/h4,6,22H,3,5,7-15H2,1-2H3,(H,18,20)/b6-4-. The minimum atomic E-state index is -0.423. The molecule has 0 fully saturated rings. The van der Waals surface area contributed by atoms with Gasteiger partial charge in [-0.05, 0) is 38.5 Å². The maximum atomic E-state index is 11.4. The van der Waals surface area contributed by atoms with E-state index < -0.39 is 5.97 Å². The van der Waals surface area contributed by atoms with Gasteiger partial charge in [-0.2, -0.15) is 5.06 Å². The van der Waals surface area contributed by atoms with Gasteiger partial charge in [-0.1, -0.05) is 25.0 Å². The zero-order valence-corrected chi connectivity index (χ0v) is 14.6. The quantitative estimate of drug-likeness (QED) is 0.222. The molecular weight excluding hydrogens is 296 g/mol. The lowest BCUT2D eigenvalue weighted by molar-refractivity contribution is -0.141. The summed E-state index contributed by atoms with van der Waals surface area (Å²) in [7, 11) is 2.97. The molecule has 0 bridgehead atoms. The van der Waals surface area contributed by atoms with Gasteiger partial charge in [0.05, 0.1) is 7.11 Å². The number of allylic oxidation sites excluding steroid dienone is 2. The van der Waals surface area contributed by atoms with Crippen LogP contribution in [0.1, 0.15) is 57.8 Å². The normalized spacial score (nSPS) is 11.1. The van der Waals surface area contributed by atoms with Crippen molar-refractivity contribution >= 4 is 11.9 Å². The Kier molecular flexibility index (Phi) is 14.6. The first-order valence-electron chi connectivity index (χ1n) is 8.44. The lowest BCUT2D eigenvalue weighted by Gasteiger charge is -2.05. The molecule has 6 heteroatoms. The van der Waals surface area contributed by atoms with E-state index in [1.54, 1.807) is 7.05 Å². The number of nitrogens with one attached hydrogen (secondary N) is 1. The van der Waals surface area contributed by atoms with Crippen LogP contribution in [0.5, 0.6) is 0 Å². The summed E-state index contributed by atoms with van der Waals surface area (Å²) in [6.07, 6.45) is 13.3. The molecule has 0 aromatic carbocycles. The molecule has 0 spiro atoms. The number of amides is 1. The third-order valence-corrected chi connectivity index (χ3v) is 3.45. The van der Waals surface area contributed by atoms with Crippen molar-refractivity contribution in [3.63, 3.8) is 0 Å². The number of nitrogens with zero attached hydrogens (tertiary/aromatic N) is 1. The van der Waals surface area contributed by atoms with Crippen molar-refractivity contribution in [3.05, 3.63) is 12.2 Å². The number of hydrogen-bond acceptors (Lipinski definition) is 5. The number of hydrogen-bond donors (Lipinski definition) is 2. The minimum Gasteiger partial charge on any atom is -0.468 e. The number of carbonyl (C=O) groups excluding carboxylic acids is 2. The summed E-state index contributed by atoms with van der Waals surface area (Å²) >= 11 is 0. The van der Waals surface area contributed by atoms with E-state index in [0.29, 0.717) is 6.42 Å². The van der Waals surface area contributed by atoms with Gasteiger partial charge in [-0.3, -0.25) is 9.59 Å². The highest BCUT2D eigenvalue weighted by atomic mass is 16.5. The molecule has 0 aromatic heterocycles. The van der Waals surface area contributed by atoms with Crippen molar-refractivity contribution in [2.45, 2.75) is 57.8 Å². The molecule has 0 aliphatic rings. The summed E-state index contributed by atoms with van der Waals surface area (Å²) in [5.74, 6) is -0.516. The van der Waals surface area contributed by atoms with Crippen LogP contribution in [0.25, 0.3) is 0 Å². The molecule has 0 atom stereocenters. The summed E-state index contributed by atoms with van der Waals surface area (Å²) in [6, 6.07) is 0. The Morgan fingerprint density at radius 3 is 2.26 bits per heavy atom. The molecule has 0 radical (unpaired) electrons. The van der Waals surface area contributed by atoms with Crippen LogP contribution in [0, 0.1) is 0 Å². The summed E-state index contributed by atoms with van der Waals surface area (Å²) < 4.78 is 4.45. The highest BCUT2D eigenvalue weighted by Gasteiger charge is 2.04. The van der Waals surface area contributed by atoms with Gasteiger partial charge in [0.15, 0.2) is 0 Å². The van der Waals surface area contributed by atoms with Gasteiger partial charge in [0.25, 0.3) is 0 Å². The van der Waals surface area contributed by atoms with Gasteiger partial charge in [-0.15, -0.1) is 0 Å². The van der Waals surface area contributed by atoms with E-state index in [2.05, 4.69) is 22.2 Å². The third kappa shape index (κ3) is 16.8. The molecule has 0 saturated heterocycles. The highest BCUT2D eigenvalue weighted by molar-refractivity contribution is 5.81. The minimum absolute atomic E-state index is 0.0469. The van der Waals surface area contributed by atoms with E-state index in [-0.39, 0.29) is 12.5 Å². The summed E-state index contributed by atoms with van der Waals surface area (Å²) in [5, 5.41) is 12.7. The van der Waals surface area contributed by atoms with Crippen LogP contribution in [0.3, 0.4) is 0 Å². The zero-order chi connectivity index (χ0) is 17.3. The average molecular weight is 328 g/mol. The Morgan fingerprint density at radius 2 is 1.65 bits per heavy atom. The maximum absolute atomic E-state index is 11.4. The highest BCUT2D eigenvalue weighted by Crippen LogP contribution is 2.07. The maximum Gasteiger partial charge on any atom is 0.325 e. The molecule has 0 unspecified atom stereocenters. The van der Waals surface area contributed by atoms with Crippen molar-refractivity contribution in [2.75, 3.05) is 27.2 Å². The number of hydroxylamine groups is 2. The van der Waals surface area contributed by atoms with E-state index >= 15 is 0 Å². The second-order valence-electron chi connectivity index (χ2n) is 5.65. The molecular formula is C17H32N2O4. The number of esters is 1. The molecule has 2 N–H and O–H groups in total. The van der Waals surface area contributed by atoms with E-state index in [4.69, 9.17) is 5.21 Å². The number of rotatable bonds is 14. The Labute approximate surface area is 139 Å². The van der Waals surface area contributed by atoms with Crippen LogP contribution in [0.2, 0.25) is 0 Å². The van der Waals surface area contributed by atoms with Crippen LogP contribution in [0.15, 0.2) is 12.2 Å². The Hall–Kier alpha value is -1.40. The van der Waals surface area contributed by atoms with Gasteiger partial charge in [0, 0.05) is 20.0 Å². The van der Waals surface area contributed by atoms with Crippen molar-refractivity contribution in [2.24, 2.45) is 0 Å². The van der Waals surface area contributed by atoms with Crippen molar-refractivity contribution in [3.8, 4) is 0 Å². The number of ether oxygens (including phenoxy) is 1. The zero-order valence-electron chi connectivity index (χ0n) is 14.6. The van der Waals surface area contributed by atoms with Crippen LogP contribution in [-0.2, 0) is 14.3 Å². The average Bonchev–Trinajstić information content (AvgIpc) is 2.53. The second-order valence-corrected chi connectivity index (χ2v) is 5.65. The Morgan fingerprint density at radius 1 is 1.04 bits per heavy atom. The lowest BCUT2D eigenvalue weighted by atomic mass is 10.1. The summed E-state index contributed by atoms with van der Waals surface area (Å²) in [5.41, 5.74) is 0. The van der Waals surface area contributed by atoms with Crippen molar-refractivity contribution < 1.29 is 19.5 Å². The fourth-order valence-corrected chi connectivity index (χ4v) is 2.07. The first-order valence-corrected chi connectivity index (χ1v) is 8.44. The molecule has 6 nitrogen and oxygen atoms in total. The van der Waals surface area contributed by atoms with Gasteiger partial charge in [0.1, 0.15) is 6.54 Å². The fraction of sp³-hybridized carbons (Fsp3) is 0.765. The van der Waals surface area contributed by atoms with Crippen molar-refractivity contribution in [1.82, 2.24) is 10.4 Å². The predicted molar refractivity (Wildman–Crippen MR) is 90.1 cm³/mol. The second kappa shape index (κ2) is 15.5. The van der Waals surface area contributed by atoms with Crippen LogP contribution in [-0.4, -0.2) is 49.4 Å². The smallest absolute Gasteiger partial charge is 0.325 e. The number of carbonyl (C=O) groups is 2. The van der Waals surface area contributed by atoms with Gasteiger partial charge >= 0.3 is 5.97 Å². The first kappa shape index (κ1) is 21.6. The van der Waals surface area contributed by atoms with Crippen LogP contribution >= 0.6 is 0 Å². The van der Waals surface area contributed by atoms with Gasteiger partial charge in [0.2, 0.25) is 5.91 Å². The molecule has 0 aromatic rings. The van der Waals surface area contributed by atoms with Crippen LogP contribution < -0.4 is 5.32 Å². The SMILES string of the molecule is COC(=O)CNC(=O)CCCCCC/C=C\CCCCN(C)O. The van der Waals surface area contributed by atoms with E-state index in [9.17, 15) is 9.59 Å². The lowest BCUT2D eigenvalue weighted by Crippen LogP contribution is -2.29. The topological polar surface area (TPSA) is 78.9 Å². The third-order valence-electron chi connectivity index (χ3n) is 3.45. The molecule has 0 aliphatic heterocycles. The van der Waals surface area contributed by atoms with Crippen LogP contribution in [0.4, 0.5) is 0 Å².